The quantitative estimate of drug-likeness (QED) is 0.849. The van der Waals surface area contributed by atoms with Gasteiger partial charge in [-0.25, -0.2) is 0 Å². The zero-order valence-electron chi connectivity index (χ0n) is 13.9. The third-order valence-electron chi connectivity index (χ3n) is 4.47. The zero-order valence-corrected chi connectivity index (χ0v) is 13.9. The average molecular weight is 322 g/mol. The van der Waals surface area contributed by atoms with E-state index in [-0.39, 0.29) is 18.4 Å². The minimum absolute atomic E-state index is 0.0109. The van der Waals surface area contributed by atoms with Crippen molar-refractivity contribution in [2.45, 2.75) is 19.8 Å². The van der Waals surface area contributed by atoms with Crippen molar-refractivity contribution in [3.63, 3.8) is 0 Å². The fourth-order valence-corrected chi connectivity index (χ4v) is 3.10. The third kappa shape index (κ3) is 3.65. The normalized spacial score (nSPS) is 12.8. The van der Waals surface area contributed by atoms with E-state index in [2.05, 4.69) is 6.07 Å². The topological polar surface area (TPSA) is 40.6 Å². The van der Waals surface area contributed by atoms with Gasteiger partial charge in [0.2, 0.25) is 11.8 Å². The molecule has 0 fully saturated rings. The van der Waals surface area contributed by atoms with Crippen LogP contribution in [0.1, 0.15) is 18.1 Å². The van der Waals surface area contributed by atoms with Crippen molar-refractivity contribution in [2.24, 2.45) is 0 Å². The summed E-state index contributed by atoms with van der Waals surface area (Å²) < 4.78 is 0. The van der Waals surface area contributed by atoms with Crippen LogP contribution in [0.4, 0.5) is 5.69 Å². The second-order valence-corrected chi connectivity index (χ2v) is 6.10. The fourth-order valence-electron chi connectivity index (χ4n) is 3.10. The molecule has 0 aromatic heterocycles. The smallest absolute Gasteiger partial charge is 0.246 e. The molecule has 4 nitrogen and oxygen atoms in total. The van der Waals surface area contributed by atoms with Gasteiger partial charge in [-0.2, -0.15) is 0 Å². The van der Waals surface area contributed by atoms with Crippen LogP contribution in [-0.2, 0) is 22.4 Å². The predicted octanol–water partition coefficient (Wildman–Crippen LogP) is 2.67. The Balaban J connectivity index is 1.63. The number of benzene rings is 2. The van der Waals surface area contributed by atoms with Gasteiger partial charge in [0.15, 0.2) is 0 Å². The summed E-state index contributed by atoms with van der Waals surface area (Å²) in [6.07, 6.45) is 1.64. The molecule has 0 saturated carbocycles. The molecule has 0 spiro atoms. The van der Waals surface area contributed by atoms with E-state index in [1.165, 1.54) is 18.1 Å². The summed E-state index contributed by atoms with van der Waals surface area (Å²) in [6, 6.07) is 18.0. The summed E-state index contributed by atoms with van der Waals surface area (Å²) >= 11 is 0. The van der Waals surface area contributed by atoms with E-state index >= 15 is 0 Å². The van der Waals surface area contributed by atoms with Crippen LogP contribution in [0, 0.1) is 0 Å². The molecular formula is C20H22N2O2. The van der Waals surface area contributed by atoms with Crippen LogP contribution < -0.4 is 4.90 Å². The van der Waals surface area contributed by atoms with Crippen LogP contribution in [0.5, 0.6) is 0 Å². The zero-order chi connectivity index (χ0) is 16.9. The molecule has 0 bridgehead atoms. The summed E-state index contributed by atoms with van der Waals surface area (Å²) in [5, 5.41) is 0. The lowest BCUT2D eigenvalue weighted by Gasteiger charge is -2.24. The van der Waals surface area contributed by atoms with Gasteiger partial charge in [0.1, 0.15) is 6.54 Å². The standard InChI is InChI=1S/C20H22N2O2/c1-16(23)21(13-11-17-7-3-2-4-8-17)15-20(24)22-14-12-18-9-5-6-10-19(18)22/h2-10H,11-15H2,1H3. The van der Waals surface area contributed by atoms with E-state index in [0.717, 1.165) is 18.5 Å². The van der Waals surface area contributed by atoms with Gasteiger partial charge in [0.05, 0.1) is 0 Å². The van der Waals surface area contributed by atoms with Crippen LogP contribution in [0.3, 0.4) is 0 Å². The minimum Gasteiger partial charge on any atom is -0.333 e. The van der Waals surface area contributed by atoms with Crippen molar-refractivity contribution in [1.29, 1.82) is 0 Å². The number of amides is 2. The van der Waals surface area contributed by atoms with E-state index in [1.54, 1.807) is 9.80 Å². The van der Waals surface area contributed by atoms with E-state index < -0.39 is 0 Å². The second kappa shape index (κ2) is 7.30. The number of para-hydroxylation sites is 1. The molecule has 2 aromatic carbocycles. The first kappa shape index (κ1) is 16.2. The molecule has 1 heterocycles. The number of hydrogen-bond acceptors (Lipinski definition) is 2. The van der Waals surface area contributed by atoms with E-state index in [4.69, 9.17) is 0 Å². The maximum atomic E-state index is 12.7. The highest BCUT2D eigenvalue weighted by Crippen LogP contribution is 2.27. The van der Waals surface area contributed by atoms with Crippen molar-refractivity contribution >= 4 is 17.5 Å². The van der Waals surface area contributed by atoms with Crippen molar-refractivity contribution in [1.82, 2.24) is 4.90 Å². The molecule has 2 aromatic rings. The predicted molar refractivity (Wildman–Crippen MR) is 94.9 cm³/mol. The molecule has 0 aliphatic carbocycles. The largest absolute Gasteiger partial charge is 0.333 e. The molecule has 1 aliphatic rings. The van der Waals surface area contributed by atoms with E-state index in [9.17, 15) is 9.59 Å². The van der Waals surface area contributed by atoms with Crippen LogP contribution >= 0.6 is 0 Å². The molecule has 0 N–H and O–H groups in total. The molecule has 3 rings (SSSR count). The van der Waals surface area contributed by atoms with Gasteiger partial charge in [-0.1, -0.05) is 48.5 Å². The Hall–Kier alpha value is -2.62. The lowest BCUT2D eigenvalue weighted by Crippen LogP contribution is -2.42. The first-order chi connectivity index (χ1) is 11.6. The summed E-state index contributed by atoms with van der Waals surface area (Å²) in [6.45, 7) is 2.91. The monoisotopic (exact) mass is 322 g/mol. The van der Waals surface area contributed by atoms with Gasteiger partial charge >= 0.3 is 0 Å². The van der Waals surface area contributed by atoms with Gasteiger partial charge in [-0.15, -0.1) is 0 Å². The first-order valence-electron chi connectivity index (χ1n) is 8.33. The Morgan fingerprint density at radius 3 is 2.50 bits per heavy atom. The van der Waals surface area contributed by atoms with Crippen molar-refractivity contribution in [3.05, 3.63) is 65.7 Å². The van der Waals surface area contributed by atoms with Gasteiger partial charge < -0.3 is 9.80 Å². The van der Waals surface area contributed by atoms with Crippen LogP contribution in [0.25, 0.3) is 0 Å². The summed E-state index contributed by atoms with van der Waals surface area (Å²) in [7, 11) is 0. The van der Waals surface area contributed by atoms with Crippen molar-refractivity contribution in [2.75, 3.05) is 24.5 Å². The second-order valence-electron chi connectivity index (χ2n) is 6.10. The number of fused-ring (bicyclic) bond motifs is 1. The molecule has 24 heavy (non-hydrogen) atoms. The van der Waals surface area contributed by atoms with Gasteiger partial charge in [0, 0.05) is 25.7 Å². The lowest BCUT2D eigenvalue weighted by molar-refractivity contribution is -0.133. The lowest BCUT2D eigenvalue weighted by atomic mass is 10.1. The van der Waals surface area contributed by atoms with Crippen molar-refractivity contribution in [3.8, 4) is 0 Å². The molecule has 0 atom stereocenters. The summed E-state index contributed by atoms with van der Waals surface area (Å²) in [4.78, 5) is 28.0. The fraction of sp³-hybridized carbons (Fsp3) is 0.300. The van der Waals surface area contributed by atoms with Crippen LogP contribution in [-0.4, -0.2) is 36.3 Å². The minimum atomic E-state index is -0.0632. The number of carbonyl (C=O) groups is 2. The molecule has 1 aliphatic heterocycles. The van der Waals surface area contributed by atoms with Crippen LogP contribution in [0.2, 0.25) is 0 Å². The highest BCUT2D eigenvalue weighted by Gasteiger charge is 2.26. The Labute approximate surface area is 142 Å². The number of hydrogen-bond donors (Lipinski definition) is 0. The van der Waals surface area contributed by atoms with Gasteiger partial charge in [0.25, 0.3) is 0 Å². The Bertz CT molecular complexity index is 727. The SMILES string of the molecule is CC(=O)N(CCc1ccccc1)CC(=O)N1CCc2ccccc21. The summed E-state index contributed by atoms with van der Waals surface area (Å²) in [5.74, 6) is -0.0741. The highest BCUT2D eigenvalue weighted by atomic mass is 16.2. The summed E-state index contributed by atoms with van der Waals surface area (Å²) in [5.41, 5.74) is 3.35. The van der Waals surface area contributed by atoms with Gasteiger partial charge in [-0.3, -0.25) is 9.59 Å². The molecule has 0 radical (unpaired) electrons. The molecule has 124 valence electrons. The molecule has 4 heteroatoms. The number of anilines is 1. The molecule has 0 unspecified atom stereocenters. The van der Waals surface area contributed by atoms with Crippen LogP contribution in [0.15, 0.2) is 54.6 Å². The third-order valence-corrected chi connectivity index (χ3v) is 4.47. The van der Waals surface area contributed by atoms with E-state index in [0.29, 0.717) is 13.1 Å². The maximum Gasteiger partial charge on any atom is 0.246 e. The van der Waals surface area contributed by atoms with E-state index in [1.807, 2.05) is 48.5 Å². The Morgan fingerprint density at radius 1 is 1.04 bits per heavy atom. The Kier molecular flexibility index (Phi) is 4.94. The highest BCUT2D eigenvalue weighted by molar-refractivity contribution is 5.98. The average Bonchev–Trinajstić information content (AvgIpc) is 3.03. The van der Waals surface area contributed by atoms with Crippen molar-refractivity contribution < 1.29 is 9.59 Å². The Morgan fingerprint density at radius 2 is 1.75 bits per heavy atom. The first-order valence-corrected chi connectivity index (χ1v) is 8.33. The number of carbonyl (C=O) groups excluding carboxylic acids is 2. The number of rotatable bonds is 5. The molecule has 0 saturated heterocycles. The molecule has 2 amide bonds. The maximum absolute atomic E-state index is 12.7. The van der Waals surface area contributed by atoms with Gasteiger partial charge in [-0.05, 0) is 30.0 Å². The number of nitrogens with zero attached hydrogens (tertiary/aromatic N) is 2. The molecular weight excluding hydrogens is 300 g/mol.